The number of fused-ring (bicyclic) bond motifs is 3. The van der Waals surface area contributed by atoms with Gasteiger partial charge in [0, 0.05) is 47.5 Å². The molecule has 0 amide bonds. The lowest BCUT2D eigenvalue weighted by molar-refractivity contribution is -0.141. The summed E-state index contributed by atoms with van der Waals surface area (Å²) in [7, 11) is 1.43. The fraction of sp³-hybridized carbons (Fsp3) is 0.481. The van der Waals surface area contributed by atoms with Gasteiger partial charge in [0.15, 0.2) is 0 Å². The van der Waals surface area contributed by atoms with Crippen molar-refractivity contribution >= 4 is 16.9 Å². The first-order chi connectivity index (χ1) is 17.0. The normalized spacial score (nSPS) is 17.9. The fourth-order valence-corrected chi connectivity index (χ4v) is 5.02. The van der Waals surface area contributed by atoms with Crippen molar-refractivity contribution < 1.29 is 18.7 Å². The van der Waals surface area contributed by atoms with Gasteiger partial charge in [0.2, 0.25) is 5.88 Å². The minimum Gasteiger partial charge on any atom is -0.476 e. The van der Waals surface area contributed by atoms with E-state index in [0.29, 0.717) is 45.0 Å². The highest BCUT2D eigenvalue weighted by Crippen LogP contribution is 2.42. The number of carbonyl (C=O) groups is 1. The summed E-state index contributed by atoms with van der Waals surface area (Å²) in [6.07, 6.45) is 3.51. The Hall–Kier alpha value is -2.97. The molecule has 2 N–H and O–H groups in total. The number of rotatable bonds is 11. The molecule has 0 radical (unpaired) electrons. The number of H-pyrrole nitrogens is 1. The first-order valence-electron chi connectivity index (χ1n) is 12.3. The minimum absolute atomic E-state index is 0.0705. The Balaban J connectivity index is 1.67. The molecule has 1 aliphatic rings. The van der Waals surface area contributed by atoms with Crippen LogP contribution in [0.2, 0.25) is 0 Å². The van der Waals surface area contributed by atoms with Gasteiger partial charge in [-0.25, -0.2) is 4.98 Å². The van der Waals surface area contributed by atoms with Crippen molar-refractivity contribution in [1.29, 1.82) is 0 Å². The summed E-state index contributed by atoms with van der Waals surface area (Å²) in [5.41, 5.74) is 5.67. The molecule has 0 aliphatic carbocycles. The summed E-state index contributed by atoms with van der Waals surface area (Å²) >= 11 is 0. The maximum Gasteiger partial charge on any atom is 0.306 e. The van der Waals surface area contributed by atoms with E-state index in [-0.39, 0.29) is 24.7 Å². The van der Waals surface area contributed by atoms with Crippen molar-refractivity contribution in [2.75, 3.05) is 40.0 Å². The monoisotopic (exact) mass is 482 g/mol. The number of nitrogens with zero attached hydrogens (tertiary/aromatic N) is 2. The second-order valence-corrected chi connectivity index (χ2v) is 9.05. The third-order valence-corrected chi connectivity index (χ3v) is 6.82. The topological polar surface area (TPSA) is 79.5 Å². The number of esters is 1. The first kappa shape index (κ1) is 25.1. The number of alkyl halides is 1. The second kappa shape index (κ2) is 11.6. The molecule has 0 saturated carbocycles. The second-order valence-electron chi connectivity index (χ2n) is 9.05. The van der Waals surface area contributed by atoms with Gasteiger partial charge in [-0.15, -0.1) is 0 Å². The van der Waals surface area contributed by atoms with Crippen LogP contribution in [-0.4, -0.2) is 66.9 Å². The van der Waals surface area contributed by atoms with Crippen LogP contribution in [-0.2, 0) is 16.0 Å². The molecule has 0 spiro atoms. The zero-order valence-corrected chi connectivity index (χ0v) is 20.8. The molecule has 35 heavy (non-hydrogen) atoms. The van der Waals surface area contributed by atoms with Crippen molar-refractivity contribution in [2.24, 2.45) is 0 Å². The molecule has 7 nitrogen and oxygen atoms in total. The van der Waals surface area contributed by atoms with Gasteiger partial charge in [0.05, 0.1) is 26.2 Å². The van der Waals surface area contributed by atoms with Crippen molar-refractivity contribution in [2.45, 2.75) is 45.2 Å². The predicted octanol–water partition coefficient (Wildman–Crippen LogP) is 4.10. The Morgan fingerprint density at radius 2 is 2.11 bits per heavy atom. The zero-order valence-electron chi connectivity index (χ0n) is 20.8. The van der Waals surface area contributed by atoms with Crippen LogP contribution < -0.4 is 10.1 Å². The number of methoxy groups -OCH3 is 1. The molecular weight excluding hydrogens is 447 g/mol. The van der Waals surface area contributed by atoms with E-state index in [2.05, 4.69) is 45.3 Å². The number of benzene rings is 1. The standard InChI is InChI=1S/C27H35FN4O3/c1-18-17-22-21-7-4-5-8-23(21)31-25(22)26(32(18)15-10-24(33)34-3)20-9-13-30-27(19(20)2)35-16-14-29-12-6-11-28/h4-5,7-9,13,18,26,29,31H,6,10-12,14-17H2,1-3H3/t18-,26?/m1/s1. The molecule has 0 bridgehead atoms. The molecule has 188 valence electrons. The molecule has 3 aromatic rings. The van der Waals surface area contributed by atoms with Gasteiger partial charge in [-0.3, -0.25) is 14.1 Å². The summed E-state index contributed by atoms with van der Waals surface area (Å²) in [5.74, 6) is 0.382. The summed E-state index contributed by atoms with van der Waals surface area (Å²) in [6, 6.07) is 10.6. The lowest BCUT2D eigenvalue weighted by atomic mass is 9.87. The number of nitrogens with one attached hydrogen (secondary N) is 2. The number of ether oxygens (including phenoxy) is 2. The predicted molar refractivity (Wildman–Crippen MR) is 135 cm³/mol. The van der Waals surface area contributed by atoms with Crippen molar-refractivity contribution in [1.82, 2.24) is 20.2 Å². The summed E-state index contributed by atoms with van der Waals surface area (Å²) < 4.78 is 23.2. The molecular formula is C27H35FN4O3. The Labute approximate surface area is 206 Å². The molecule has 1 unspecified atom stereocenters. The molecule has 2 atom stereocenters. The van der Waals surface area contributed by atoms with Gasteiger partial charge in [0.1, 0.15) is 6.61 Å². The van der Waals surface area contributed by atoms with Crippen LogP contribution in [0.25, 0.3) is 10.9 Å². The number of carbonyl (C=O) groups excluding carboxylic acids is 1. The van der Waals surface area contributed by atoms with Crippen LogP contribution >= 0.6 is 0 Å². The van der Waals surface area contributed by atoms with Crippen molar-refractivity contribution in [3.05, 3.63) is 58.9 Å². The number of para-hydroxylation sites is 1. The van der Waals surface area contributed by atoms with E-state index in [1.807, 2.05) is 19.1 Å². The van der Waals surface area contributed by atoms with Gasteiger partial charge in [-0.05, 0) is 56.5 Å². The SMILES string of the molecule is COC(=O)CCN1C(c2ccnc(OCCNCCCF)c2C)c2[nH]c3ccccc3c2C[C@H]1C. The van der Waals surface area contributed by atoms with Crippen LogP contribution in [0.15, 0.2) is 36.5 Å². The number of hydrogen-bond donors (Lipinski definition) is 2. The zero-order chi connectivity index (χ0) is 24.8. The minimum atomic E-state index is -0.321. The van der Waals surface area contributed by atoms with Gasteiger partial charge in [-0.1, -0.05) is 18.2 Å². The van der Waals surface area contributed by atoms with Gasteiger partial charge >= 0.3 is 5.97 Å². The molecule has 0 fully saturated rings. The number of pyridine rings is 1. The Bertz CT molecular complexity index is 1150. The van der Waals surface area contributed by atoms with E-state index in [9.17, 15) is 9.18 Å². The third-order valence-electron chi connectivity index (χ3n) is 6.82. The highest BCUT2D eigenvalue weighted by molar-refractivity contribution is 5.85. The molecule has 3 heterocycles. The molecule has 4 rings (SSSR count). The number of halogens is 1. The van der Waals surface area contributed by atoms with Crippen LogP contribution in [0.3, 0.4) is 0 Å². The summed E-state index contributed by atoms with van der Waals surface area (Å²) in [4.78, 5) is 22.5. The quantitative estimate of drug-likeness (QED) is 0.317. The largest absolute Gasteiger partial charge is 0.476 e. The van der Waals surface area contributed by atoms with Gasteiger partial charge < -0.3 is 19.8 Å². The van der Waals surface area contributed by atoms with E-state index < -0.39 is 0 Å². The van der Waals surface area contributed by atoms with Crippen LogP contribution in [0.1, 0.15) is 48.2 Å². The van der Waals surface area contributed by atoms with E-state index in [1.54, 1.807) is 6.20 Å². The molecule has 8 heteroatoms. The van der Waals surface area contributed by atoms with Gasteiger partial charge in [-0.2, -0.15) is 0 Å². The molecule has 1 aromatic carbocycles. The molecule has 0 saturated heterocycles. The highest BCUT2D eigenvalue weighted by Gasteiger charge is 2.37. The fourth-order valence-electron chi connectivity index (χ4n) is 5.02. The molecule has 1 aliphatic heterocycles. The average molecular weight is 483 g/mol. The van der Waals surface area contributed by atoms with Crippen LogP contribution in [0.5, 0.6) is 5.88 Å². The van der Waals surface area contributed by atoms with Crippen LogP contribution in [0, 0.1) is 6.92 Å². The lowest BCUT2D eigenvalue weighted by Crippen LogP contribution is -2.44. The maximum atomic E-state index is 12.3. The Kier molecular flexibility index (Phi) is 8.36. The Morgan fingerprint density at radius 3 is 2.91 bits per heavy atom. The third kappa shape index (κ3) is 5.49. The average Bonchev–Trinajstić information content (AvgIpc) is 3.23. The van der Waals surface area contributed by atoms with Crippen LogP contribution in [0.4, 0.5) is 4.39 Å². The van der Waals surface area contributed by atoms with E-state index in [4.69, 9.17) is 9.47 Å². The molecule has 2 aromatic heterocycles. The maximum absolute atomic E-state index is 12.3. The Morgan fingerprint density at radius 1 is 1.29 bits per heavy atom. The summed E-state index contributed by atoms with van der Waals surface area (Å²) in [6.45, 7) is 6.23. The number of aromatic amines is 1. The van der Waals surface area contributed by atoms with E-state index >= 15 is 0 Å². The highest BCUT2D eigenvalue weighted by atomic mass is 19.1. The van der Waals surface area contributed by atoms with Gasteiger partial charge in [0.25, 0.3) is 0 Å². The van der Waals surface area contributed by atoms with E-state index in [0.717, 1.165) is 28.8 Å². The smallest absolute Gasteiger partial charge is 0.306 e. The lowest BCUT2D eigenvalue weighted by Gasteiger charge is -2.41. The summed E-state index contributed by atoms with van der Waals surface area (Å²) in [5, 5.41) is 4.42. The van der Waals surface area contributed by atoms with Crippen molar-refractivity contribution in [3.63, 3.8) is 0 Å². The van der Waals surface area contributed by atoms with E-state index in [1.165, 1.54) is 18.1 Å². The first-order valence-corrected chi connectivity index (χ1v) is 12.3. The van der Waals surface area contributed by atoms with Crippen molar-refractivity contribution in [3.8, 4) is 5.88 Å². The number of hydrogen-bond acceptors (Lipinski definition) is 6. The number of aromatic nitrogens is 2.